The van der Waals surface area contributed by atoms with Gasteiger partial charge in [0.1, 0.15) is 5.82 Å². The van der Waals surface area contributed by atoms with Gasteiger partial charge < -0.3 is 29.2 Å². The largest absolute Gasteiger partial charge is 0.493 e. The van der Waals surface area contributed by atoms with Gasteiger partial charge in [-0.25, -0.2) is 4.98 Å². The van der Waals surface area contributed by atoms with Crippen molar-refractivity contribution in [3.63, 3.8) is 0 Å². The van der Waals surface area contributed by atoms with Gasteiger partial charge in [-0.3, -0.25) is 4.79 Å². The van der Waals surface area contributed by atoms with Crippen molar-refractivity contribution in [1.82, 2.24) is 10.3 Å². The average molecular weight is 387 g/mol. The maximum atomic E-state index is 12.7. The molecule has 3 rings (SSSR count). The topological polar surface area (TPSA) is 82.2 Å². The Hall–Kier alpha value is -3.00. The molecule has 1 fully saturated rings. The summed E-state index contributed by atoms with van der Waals surface area (Å²) in [6.45, 7) is 3.39. The van der Waals surface area contributed by atoms with Gasteiger partial charge in [0.2, 0.25) is 5.75 Å². The minimum atomic E-state index is -0.262. The van der Waals surface area contributed by atoms with E-state index in [0.717, 1.165) is 24.5 Å². The predicted octanol–water partition coefficient (Wildman–Crippen LogP) is 1.87. The number of amides is 1. The number of aromatic nitrogens is 1. The lowest BCUT2D eigenvalue weighted by atomic mass is 10.1. The van der Waals surface area contributed by atoms with Gasteiger partial charge in [-0.1, -0.05) is 0 Å². The van der Waals surface area contributed by atoms with E-state index >= 15 is 0 Å². The molecule has 8 heteroatoms. The zero-order chi connectivity index (χ0) is 19.9. The van der Waals surface area contributed by atoms with E-state index in [1.807, 2.05) is 12.1 Å². The smallest absolute Gasteiger partial charge is 0.255 e. The van der Waals surface area contributed by atoms with Crippen LogP contribution in [-0.2, 0) is 11.3 Å². The Morgan fingerprint density at radius 3 is 2.54 bits per heavy atom. The summed E-state index contributed by atoms with van der Waals surface area (Å²) in [5, 5.41) is 2.92. The Morgan fingerprint density at radius 2 is 1.86 bits per heavy atom. The molecule has 1 amide bonds. The lowest BCUT2D eigenvalue weighted by Crippen LogP contribution is -2.36. The summed E-state index contributed by atoms with van der Waals surface area (Å²) < 4.78 is 21.4. The highest BCUT2D eigenvalue weighted by Crippen LogP contribution is 2.39. The highest BCUT2D eigenvalue weighted by molar-refractivity contribution is 5.98. The van der Waals surface area contributed by atoms with Crippen molar-refractivity contribution in [3.05, 3.63) is 41.6 Å². The number of ether oxygens (including phenoxy) is 4. The van der Waals surface area contributed by atoms with Gasteiger partial charge in [0.05, 0.1) is 40.1 Å². The van der Waals surface area contributed by atoms with Crippen LogP contribution < -0.4 is 24.4 Å². The van der Waals surface area contributed by atoms with Crippen molar-refractivity contribution in [3.8, 4) is 17.2 Å². The van der Waals surface area contributed by atoms with Crippen LogP contribution >= 0.6 is 0 Å². The summed E-state index contributed by atoms with van der Waals surface area (Å²) >= 11 is 0. The maximum Gasteiger partial charge on any atom is 0.255 e. The third kappa shape index (κ3) is 4.28. The van der Waals surface area contributed by atoms with Gasteiger partial charge in [0.25, 0.3) is 5.91 Å². The molecule has 2 heterocycles. The molecular formula is C20H25N3O5. The molecule has 28 heavy (non-hydrogen) atoms. The zero-order valence-electron chi connectivity index (χ0n) is 16.4. The minimum Gasteiger partial charge on any atom is -0.493 e. The van der Waals surface area contributed by atoms with Crippen molar-refractivity contribution < 1.29 is 23.7 Å². The van der Waals surface area contributed by atoms with Crippen LogP contribution in [0.15, 0.2) is 30.5 Å². The fourth-order valence-electron chi connectivity index (χ4n) is 3.09. The number of anilines is 1. The highest BCUT2D eigenvalue weighted by atomic mass is 16.5. The lowest BCUT2D eigenvalue weighted by Gasteiger charge is -2.28. The van der Waals surface area contributed by atoms with E-state index in [-0.39, 0.29) is 5.91 Å². The van der Waals surface area contributed by atoms with E-state index in [1.54, 1.807) is 18.3 Å². The Balaban J connectivity index is 1.72. The summed E-state index contributed by atoms with van der Waals surface area (Å²) in [6.07, 6.45) is 1.75. The van der Waals surface area contributed by atoms with E-state index in [1.165, 1.54) is 21.3 Å². The minimum absolute atomic E-state index is 0.262. The Labute approximate surface area is 164 Å². The van der Waals surface area contributed by atoms with Crippen molar-refractivity contribution in [2.75, 3.05) is 52.5 Å². The third-order valence-electron chi connectivity index (χ3n) is 4.55. The van der Waals surface area contributed by atoms with Crippen molar-refractivity contribution in [2.45, 2.75) is 6.54 Å². The van der Waals surface area contributed by atoms with Crippen molar-refractivity contribution in [1.29, 1.82) is 0 Å². The molecule has 1 saturated heterocycles. The molecule has 0 bridgehead atoms. The van der Waals surface area contributed by atoms with Gasteiger partial charge in [-0.05, 0) is 29.8 Å². The quantitative estimate of drug-likeness (QED) is 0.777. The third-order valence-corrected chi connectivity index (χ3v) is 4.55. The van der Waals surface area contributed by atoms with Crippen LogP contribution in [-0.4, -0.2) is 58.5 Å². The molecule has 1 aliphatic rings. The first kappa shape index (κ1) is 19.8. The number of pyridine rings is 1. The number of nitrogens with zero attached hydrogens (tertiary/aromatic N) is 2. The number of carbonyl (C=O) groups excluding carboxylic acids is 1. The molecule has 1 N–H and O–H groups in total. The molecule has 150 valence electrons. The van der Waals surface area contributed by atoms with E-state index in [0.29, 0.717) is 42.6 Å². The number of morpholine rings is 1. The first-order valence-electron chi connectivity index (χ1n) is 9.02. The highest BCUT2D eigenvalue weighted by Gasteiger charge is 2.20. The SMILES string of the molecule is COc1ccc(C(=O)NCc2ccnc(N3CCOCC3)c2)c(OC)c1OC. The van der Waals surface area contributed by atoms with E-state index < -0.39 is 0 Å². The molecule has 0 saturated carbocycles. The molecule has 8 nitrogen and oxygen atoms in total. The van der Waals surface area contributed by atoms with Gasteiger partial charge in [0.15, 0.2) is 11.5 Å². The molecule has 1 aliphatic heterocycles. The lowest BCUT2D eigenvalue weighted by molar-refractivity contribution is 0.0947. The summed E-state index contributed by atoms with van der Waals surface area (Å²) in [5.74, 6) is 1.85. The number of carbonyl (C=O) groups is 1. The van der Waals surface area contributed by atoms with Crippen LogP contribution in [0.1, 0.15) is 15.9 Å². The van der Waals surface area contributed by atoms with E-state index in [2.05, 4.69) is 15.2 Å². The summed E-state index contributed by atoms with van der Waals surface area (Å²) in [5.41, 5.74) is 1.34. The van der Waals surface area contributed by atoms with Crippen molar-refractivity contribution >= 4 is 11.7 Å². The fourth-order valence-corrected chi connectivity index (χ4v) is 3.09. The molecule has 1 aromatic heterocycles. The van der Waals surface area contributed by atoms with Gasteiger partial charge in [0, 0.05) is 25.8 Å². The second kappa shape index (κ2) is 9.27. The molecule has 0 atom stereocenters. The van der Waals surface area contributed by atoms with Crippen LogP contribution in [0.5, 0.6) is 17.2 Å². The molecule has 0 aliphatic carbocycles. The normalized spacial score (nSPS) is 13.8. The van der Waals surface area contributed by atoms with Crippen LogP contribution in [0.2, 0.25) is 0 Å². The van der Waals surface area contributed by atoms with Crippen LogP contribution in [0, 0.1) is 0 Å². The fraction of sp³-hybridized carbons (Fsp3) is 0.400. The molecule has 0 unspecified atom stereocenters. The molecule has 0 spiro atoms. The summed E-state index contributed by atoms with van der Waals surface area (Å²) in [6, 6.07) is 7.20. The first-order valence-corrected chi connectivity index (χ1v) is 9.02. The van der Waals surface area contributed by atoms with E-state index in [9.17, 15) is 4.79 Å². The Bertz CT molecular complexity index is 821. The summed E-state index contributed by atoms with van der Waals surface area (Å²) in [7, 11) is 4.53. The second-order valence-corrected chi connectivity index (χ2v) is 6.19. The maximum absolute atomic E-state index is 12.7. The molecule has 1 aromatic carbocycles. The number of hydrogen-bond acceptors (Lipinski definition) is 7. The first-order chi connectivity index (χ1) is 13.7. The van der Waals surface area contributed by atoms with Crippen LogP contribution in [0.4, 0.5) is 5.82 Å². The Kier molecular flexibility index (Phi) is 6.54. The average Bonchev–Trinajstić information content (AvgIpc) is 2.77. The monoisotopic (exact) mass is 387 g/mol. The number of methoxy groups -OCH3 is 3. The summed E-state index contributed by atoms with van der Waals surface area (Å²) in [4.78, 5) is 19.3. The zero-order valence-corrected chi connectivity index (χ0v) is 16.4. The molecular weight excluding hydrogens is 362 g/mol. The van der Waals surface area contributed by atoms with Gasteiger partial charge in [-0.2, -0.15) is 0 Å². The van der Waals surface area contributed by atoms with Crippen LogP contribution in [0.3, 0.4) is 0 Å². The van der Waals surface area contributed by atoms with E-state index in [4.69, 9.17) is 18.9 Å². The van der Waals surface area contributed by atoms with Gasteiger partial charge >= 0.3 is 0 Å². The standard InChI is InChI=1S/C20H25N3O5/c1-25-16-5-4-15(18(26-2)19(16)27-3)20(24)22-13-14-6-7-21-17(12-14)23-8-10-28-11-9-23/h4-7,12H,8-11,13H2,1-3H3,(H,22,24). The van der Waals surface area contributed by atoms with Gasteiger partial charge in [-0.15, -0.1) is 0 Å². The number of rotatable bonds is 7. The molecule has 0 radical (unpaired) electrons. The number of hydrogen-bond donors (Lipinski definition) is 1. The number of benzene rings is 1. The second-order valence-electron chi connectivity index (χ2n) is 6.19. The number of nitrogens with one attached hydrogen (secondary N) is 1. The van der Waals surface area contributed by atoms with Crippen molar-refractivity contribution in [2.24, 2.45) is 0 Å². The molecule has 2 aromatic rings. The van der Waals surface area contributed by atoms with Crippen LogP contribution in [0.25, 0.3) is 0 Å². The Morgan fingerprint density at radius 1 is 1.11 bits per heavy atom. The predicted molar refractivity (Wildman–Crippen MR) is 105 cm³/mol.